The Kier molecular flexibility index (Phi) is 7.82. The van der Waals surface area contributed by atoms with E-state index in [4.69, 9.17) is 9.47 Å². The third kappa shape index (κ3) is 6.25. The second kappa shape index (κ2) is 10.4. The summed E-state index contributed by atoms with van der Waals surface area (Å²) >= 11 is 1.64. The molecule has 0 saturated heterocycles. The van der Waals surface area contributed by atoms with E-state index in [1.165, 1.54) is 0 Å². The van der Waals surface area contributed by atoms with E-state index < -0.39 is 5.41 Å². The molecule has 2 amide bonds. The minimum atomic E-state index is -0.499. The summed E-state index contributed by atoms with van der Waals surface area (Å²) in [4.78, 5) is 31.1. The second-order valence-electron chi connectivity index (χ2n) is 9.25. The first-order chi connectivity index (χ1) is 15.2. The summed E-state index contributed by atoms with van der Waals surface area (Å²) in [6, 6.07) is 10.1. The quantitative estimate of drug-likeness (QED) is 0.530. The van der Waals surface area contributed by atoms with Crippen molar-refractivity contribution in [2.45, 2.75) is 52.6 Å². The van der Waals surface area contributed by atoms with Crippen LogP contribution in [0.3, 0.4) is 0 Å². The van der Waals surface area contributed by atoms with Crippen LogP contribution in [0.25, 0.3) is 0 Å². The molecule has 0 aliphatic heterocycles. The van der Waals surface area contributed by atoms with Crippen LogP contribution in [0.4, 0.5) is 0 Å². The number of hydrogen-bond donors (Lipinski definition) is 0. The van der Waals surface area contributed by atoms with Crippen molar-refractivity contribution in [1.29, 1.82) is 0 Å². The molecular weight excluding hydrogens is 424 g/mol. The lowest BCUT2D eigenvalue weighted by molar-refractivity contribution is -0.146. The molecule has 32 heavy (non-hydrogen) atoms. The molecule has 0 N–H and O–H groups in total. The standard InChI is InChI=1S/C25H34N2O4S/c1-25(2,3)24(29)27(19-9-10-19)17-23(28)26(16-20-7-6-14-32-20)13-12-18-8-11-21(30-4)22(15-18)31-5/h6-8,11,14-15,19H,9-10,12-13,16-17H2,1-5H3. The van der Waals surface area contributed by atoms with Gasteiger partial charge in [0.2, 0.25) is 11.8 Å². The van der Waals surface area contributed by atoms with Gasteiger partial charge < -0.3 is 19.3 Å². The highest BCUT2D eigenvalue weighted by molar-refractivity contribution is 7.09. The zero-order valence-electron chi connectivity index (χ0n) is 19.7. The van der Waals surface area contributed by atoms with Crippen molar-refractivity contribution < 1.29 is 19.1 Å². The summed E-state index contributed by atoms with van der Waals surface area (Å²) in [7, 11) is 3.23. The van der Waals surface area contributed by atoms with Gasteiger partial charge in [-0.05, 0) is 48.4 Å². The lowest BCUT2D eigenvalue weighted by Crippen LogP contribution is -2.47. The Hall–Kier alpha value is -2.54. The van der Waals surface area contributed by atoms with Crippen molar-refractivity contribution in [3.05, 3.63) is 46.2 Å². The molecule has 2 aromatic rings. The third-order valence-corrected chi connectivity index (χ3v) is 6.45. The fraction of sp³-hybridized carbons (Fsp3) is 0.520. The molecule has 1 saturated carbocycles. The van der Waals surface area contributed by atoms with Gasteiger partial charge in [0.1, 0.15) is 6.54 Å². The number of rotatable bonds is 10. The predicted octanol–water partition coefficient (Wildman–Crippen LogP) is 4.37. The van der Waals surface area contributed by atoms with E-state index in [9.17, 15) is 9.59 Å². The fourth-order valence-corrected chi connectivity index (χ4v) is 4.33. The Labute approximate surface area is 195 Å². The van der Waals surface area contributed by atoms with E-state index in [1.807, 2.05) is 61.4 Å². The zero-order valence-corrected chi connectivity index (χ0v) is 20.5. The van der Waals surface area contributed by atoms with Gasteiger partial charge in [0.25, 0.3) is 0 Å². The minimum absolute atomic E-state index is 0.0108. The van der Waals surface area contributed by atoms with E-state index in [0.29, 0.717) is 31.0 Å². The number of amides is 2. The Morgan fingerprint density at radius 1 is 1.09 bits per heavy atom. The number of benzene rings is 1. The van der Waals surface area contributed by atoms with Gasteiger partial charge in [0.15, 0.2) is 11.5 Å². The highest BCUT2D eigenvalue weighted by atomic mass is 32.1. The molecule has 1 aromatic carbocycles. The van der Waals surface area contributed by atoms with Crippen LogP contribution in [-0.2, 0) is 22.6 Å². The van der Waals surface area contributed by atoms with E-state index in [0.717, 1.165) is 23.3 Å². The molecule has 0 unspecified atom stereocenters. The summed E-state index contributed by atoms with van der Waals surface area (Å²) < 4.78 is 10.7. The predicted molar refractivity (Wildman–Crippen MR) is 127 cm³/mol. The summed E-state index contributed by atoms with van der Waals surface area (Å²) in [5.74, 6) is 1.40. The van der Waals surface area contributed by atoms with Gasteiger partial charge in [0.05, 0.1) is 20.8 Å². The van der Waals surface area contributed by atoms with Crippen LogP contribution in [0, 0.1) is 5.41 Å². The van der Waals surface area contributed by atoms with Gasteiger partial charge in [-0.3, -0.25) is 9.59 Å². The maximum Gasteiger partial charge on any atom is 0.242 e. The molecule has 6 nitrogen and oxygen atoms in total. The zero-order chi connectivity index (χ0) is 23.3. The fourth-order valence-electron chi connectivity index (χ4n) is 3.61. The summed E-state index contributed by atoms with van der Waals surface area (Å²) in [6.07, 6.45) is 2.64. The molecule has 0 bridgehead atoms. The number of thiophene rings is 1. The molecule has 1 fully saturated rings. The van der Waals surface area contributed by atoms with E-state index in [2.05, 4.69) is 0 Å². The molecule has 3 rings (SSSR count). The normalized spacial score (nSPS) is 13.5. The number of carbonyl (C=O) groups is 2. The Balaban J connectivity index is 1.73. The van der Waals surface area contributed by atoms with Crippen LogP contribution in [-0.4, -0.2) is 55.0 Å². The Morgan fingerprint density at radius 2 is 1.81 bits per heavy atom. The van der Waals surface area contributed by atoms with Crippen LogP contribution in [0.2, 0.25) is 0 Å². The van der Waals surface area contributed by atoms with Gasteiger partial charge >= 0.3 is 0 Å². The first kappa shape index (κ1) is 24.1. The molecule has 1 aromatic heterocycles. The molecular formula is C25H34N2O4S. The molecule has 0 spiro atoms. The maximum absolute atomic E-state index is 13.4. The monoisotopic (exact) mass is 458 g/mol. The molecule has 174 valence electrons. The number of methoxy groups -OCH3 is 2. The highest BCUT2D eigenvalue weighted by Crippen LogP contribution is 2.31. The number of ether oxygens (including phenoxy) is 2. The first-order valence-electron chi connectivity index (χ1n) is 11.0. The van der Waals surface area contributed by atoms with Crippen LogP contribution in [0.15, 0.2) is 35.7 Å². The van der Waals surface area contributed by atoms with Crippen LogP contribution < -0.4 is 9.47 Å². The molecule has 0 radical (unpaired) electrons. The highest BCUT2D eigenvalue weighted by Gasteiger charge is 2.39. The molecule has 1 aliphatic rings. The van der Waals surface area contributed by atoms with Crippen molar-refractivity contribution in [2.24, 2.45) is 5.41 Å². The van der Waals surface area contributed by atoms with Crippen molar-refractivity contribution in [3.8, 4) is 11.5 Å². The first-order valence-corrected chi connectivity index (χ1v) is 11.9. The summed E-state index contributed by atoms with van der Waals surface area (Å²) in [5, 5.41) is 2.02. The average molecular weight is 459 g/mol. The summed E-state index contributed by atoms with van der Waals surface area (Å²) in [5.41, 5.74) is 0.567. The van der Waals surface area contributed by atoms with Gasteiger partial charge in [-0.2, -0.15) is 0 Å². The number of hydrogen-bond acceptors (Lipinski definition) is 5. The number of carbonyl (C=O) groups excluding carboxylic acids is 2. The lowest BCUT2D eigenvalue weighted by atomic mass is 9.94. The smallest absolute Gasteiger partial charge is 0.242 e. The van der Waals surface area contributed by atoms with Crippen LogP contribution >= 0.6 is 11.3 Å². The van der Waals surface area contributed by atoms with Gasteiger partial charge in [0, 0.05) is 22.9 Å². The largest absolute Gasteiger partial charge is 0.493 e. The second-order valence-corrected chi connectivity index (χ2v) is 10.3. The van der Waals surface area contributed by atoms with Gasteiger partial charge in [-0.1, -0.05) is 32.9 Å². The molecule has 0 atom stereocenters. The maximum atomic E-state index is 13.4. The number of nitrogens with zero attached hydrogens (tertiary/aromatic N) is 2. The topological polar surface area (TPSA) is 59.1 Å². The Bertz CT molecular complexity index is 917. The Morgan fingerprint density at radius 3 is 2.38 bits per heavy atom. The SMILES string of the molecule is COc1ccc(CCN(Cc2cccs2)C(=O)CN(C(=O)C(C)(C)C)C2CC2)cc1OC. The van der Waals surface area contributed by atoms with E-state index in [1.54, 1.807) is 30.5 Å². The average Bonchev–Trinajstić information content (AvgIpc) is 3.48. The third-order valence-electron chi connectivity index (χ3n) is 5.59. The summed E-state index contributed by atoms with van der Waals surface area (Å²) in [6.45, 7) is 6.99. The van der Waals surface area contributed by atoms with Crippen LogP contribution in [0.1, 0.15) is 44.1 Å². The molecule has 1 heterocycles. The van der Waals surface area contributed by atoms with Crippen molar-refractivity contribution >= 4 is 23.2 Å². The van der Waals surface area contributed by atoms with Crippen molar-refractivity contribution in [3.63, 3.8) is 0 Å². The van der Waals surface area contributed by atoms with Crippen molar-refractivity contribution in [2.75, 3.05) is 27.3 Å². The lowest BCUT2D eigenvalue weighted by Gasteiger charge is -2.31. The molecule has 1 aliphatic carbocycles. The molecule has 7 heteroatoms. The van der Waals surface area contributed by atoms with E-state index in [-0.39, 0.29) is 24.4 Å². The van der Waals surface area contributed by atoms with Crippen molar-refractivity contribution in [1.82, 2.24) is 9.80 Å². The minimum Gasteiger partial charge on any atom is -0.493 e. The van der Waals surface area contributed by atoms with Gasteiger partial charge in [-0.25, -0.2) is 0 Å². The van der Waals surface area contributed by atoms with E-state index >= 15 is 0 Å². The van der Waals surface area contributed by atoms with Crippen LogP contribution in [0.5, 0.6) is 11.5 Å². The van der Waals surface area contributed by atoms with Gasteiger partial charge in [-0.15, -0.1) is 11.3 Å².